The number of carbonyl (C=O) groups excluding carboxylic acids is 1. The zero-order chi connectivity index (χ0) is 14.0. The average Bonchev–Trinajstić information content (AvgIpc) is 2.27. The first kappa shape index (κ1) is 13.6. The summed E-state index contributed by atoms with van der Waals surface area (Å²) in [6.45, 7) is 1.08. The van der Waals surface area contributed by atoms with Crippen LogP contribution in [0.1, 0.15) is 15.9 Å². The molecule has 0 atom stereocenters. The minimum atomic E-state index is -3.38. The lowest BCUT2D eigenvalue weighted by Gasteiger charge is -2.05. The summed E-state index contributed by atoms with van der Waals surface area (Å²) in [5.41, 5.74) is -2.56. The van der Waals surface area contributed by atoms with Crippen LogP contribution in [0.3, 0.4) is 0 Å². The fourth-order valence-corrected chi connectivity index (χ4v) is 1.35. The molecule has 1 rings (SSSR count). The molecule has 0 saturated carbocycles. The van der Waals surface area contributed by atoms with Crippen LogP contribution in [0.15, 0.2) is 12.1 Å². The Morgan fingerprint density at radius 1 is 1.22 bits per heavy atom. The van der Waals surface area contributed by atoms with Gasteiger partial charge >= 0.3 is 6.43 Å². The van der Waals surface area contributed by atoms with Gasteiger partial charge in [-0.2, -0.15) is 0 Å². The average molecular weight is 260 g/mol. The molecule has 0 aliphatic heterocycles. The van der Waals surface area contributed by atoms with Crippen LogP contribution in [0.25, 0.3) is 0 Å². The standard InChI is InChI=1S/C9H6F2N2O5/c1-4-6(8(14)9(10)11)2-5(12(15)16)3-7(4)13(17)18/h2-3,9H,1H3. The van der Waals surface area contributed by atoms with Gasteiger partial charge in [0.2, 0.25) is 5.78 Å². The molecule has 0 N–H and O–H groups in total. The minimum absolute atomic E-state index is 0.323. The Hall–Kier alpha value is -2.45. The maximum absolute atomic E-state index is 12.3. The molecular weight excluding hydrogens is 254 g/mol. The van der Waals surface area contributed by atoms with Crippen molar-refractivity contribution >= 4 is 17.2 Å². The van der Waals surface area contributed by atoms with Crippen molar-refractivity contribution in [1.82, 2.24) is 0 Å². The number of Topliss-reactive ketones (excluding diaryl/α,β-unsaturated/α-hetero) is 1. The number of carbonyl (C=O) groups is 1. The summed E-state index contributed by atoms with van der Waals surface area (Å²) < 4.78 is 24.5. The molecule has 9 heteroatoms. The number of nitro benzene ring substituents is 2. The highest BCUT2D eigenvalue weighted by molar-refractivity contribution is 6.01. The van der Waals surface area contributed by atoms with Crippen LogP contribution in [0.2, 0.25) is 0 Å². The van der Waals surface area contributed by atoms with Crippen molar-refractivity contribution in [3.05, 3.63) is 43.5 Å². The largest absolute Gasteiger partial charge is 0.300 e. The fraction of sp³-hybridized carbons (Fsp3) is 0.222. The predicted molar refractivity (Wildman–Crippen MR) is 54.8 cm³/mol. The lowest BCUT2D eigenvalue weighted by molar-refractivity contribution is -0.394. The Morgan fingerprint density at radius 2 is 1.78 bits per heavy atom. The SMILES string of the molecule is Cc1c(C(=O)C(F)F)cc([N+](=O)[O-])cc1[N+](=O)[O-]. The second-order valence-corrected chi connectivity index (χ2v) is 3.32. The normalized spacial score (nSPS) is 10.4. The molecule has 0 aromatic heterocycles. The van der Waals surface area contributed by atoms with Crippen molar-refractivity contribution in [2.75, 3.05) is 0 Å². The monoisotopic (exact) mass is 260 g/mol. The van der Waals surface area contributed by atoms with Crippen molar-refractivity contribution in [3.8, 4) is 0 Å². The number of hydrogen-bond donors (Lipinski definition) is 0. The number of nitro groups is 2. The molecule has 96 valence electrons. The van der Waals surface area contributed by atoms with Crippen molar-refractivity contribution in [2.24, 2.45) is 0 Å². The summed E-state index contributed by atoms with van der Waals surface area (Å²) >= 11 is 0. The van der Waals surface area contributed by atoms with E-state index in [9.17, 15) is 33.8 Å². The second-order valence-electron chi connectivity index (χ2n) is 3.32. The number of hydrogen-bond acceptors (Lipinski definition) is 5. The number of rotatable bonds is 4. The smallest absolute Gasteiger partial charge is 0.288 e. The van der Waals surface area contributed by atoms with E-state index in [0.29, 0.717) is 12.1 Å². The Kier molecular flexibility index (Phi) is 3.64. The third-order valence-electron chi connectivity index (χ3n) is 2.24. The Bertz CT molecular complexity index is 544. The highest BCUT2D eigenvalue weighted by atomic mass is 19.3. The molecule has 1 aromatic rings. The number of nitrogens with zero attached hydrogens (tertiary/aromatic N) is 2. The van der Waals surface area contributed by atoms with Gasteiger partial charge in [0.05, 0.1) is 15.9 Å². The number of halogens is 2. The summed E-state index contributed by atoms with van der Waals surface area (Å²) in [7, 11) is 0. The number of benzene rings is 1. The first-order chi connectivity index (χ1) is 8.25. The summed E-state index contributed by atoms with van der Waals surface area (Å²) in [5, 5.41) is 21.1. The summed E-state index contributed by atoms with van der Waals surface area (Å²) in [6.07, 6.45) is -3.38. The highest BCUT2D eigenvalue weighted by Gasteiger charge is 2.28. The van der Waals surface area contributed by atoms with E-state index in [4.69, 9.17) is 0 Å². The molecular formula is C9H6F2N2O5. The lowest BCUT2D eigenvalue weighted by Crippen LogP contribution is -2.13. The van der Waals surface area contributed by atoms with E-state index in [1.807, 2.05) is 0 Å². The number of ketones is 1. The van der Waals surface area contributed by atoms with Gasteiger partial charge < -0.3 is 0 Å². The first-order valence-corrected chi connectivity index (χ1v) is 4.51. The number of non-ortho nitro benzene ring substituents is 1. The molecule has 0 amide bonds. The molecule has 1 aromatic carbocycles. The van der Waals surface area contributed by atoms with Crippen LogP contribution in [0, 0.1) is 27.2 Å². The Labute approximate surface area is 98.3 Å². The first-order valence-electron chi connectivity index (χ1n) is 4.51. The zero-order valence-electron chi connectivity index (χ0n) is 8.92. The lowest BCUT2D eigenvalue weighted by atomic mass is 10.0. The third kappa shape index (κ3) is 2.44. The fourth-order valence-electron chi connectivity index (χ4n) is 1.35. The molecule has 18 heavy (non-hydrogen) atoms. The molecule has 0 spiro atoms. The highest BCUT2D eigenvalue weighted by Crippen LogP contribution is 2.29. The van der Waals surface area contributed by atoms with Gasteiger partial charge in [-0.3, -0.25) is 25.0 Å². The molecule has 0 aliphatic carbocycles. The molecule has 0 radical (unpaired) electrons. The molecule has 0 aliphatic rings. The maximum Gasteiger partial charge on any atom is 0.300 e. The molecule has 0 bridgehead atoms. The quantitative estimate of drug-likeness (QED) is 0.469. The van der Waals surface area contributed by atoms with Crippen molar-refractivity contribution in [2.45, 2.75) is 13.3 Å². The van der Waals surface area contributed by atoms with E-state index in [2.05, 4.69) is 0 Å². The van der Waals surface area contributed by atoms with Crippen molar-refractivity contribution < 1.29 is 23.4 Å². The van der Waals surface area contributed by atoms with E-state index < -0.39 is 39.0 Å². The predicted octanol–water partition coefficient (Wildman–Crippen LogP) is 2.26. The third-order valence-corrected chi connectivity index (χ3v) is 2.24. The van der Waals surface area contributed by atoms with E-state index >= 15 is 0 Å². The van der Waals surface area contributed by atoms with Gasteiger partial charge in [-0.25, -0.2) is 8.78 Å². The van der Waals surface area contributed by atoms with Gasteiger partial charge in [-0.05, 0) is 6.92 Å². The van der Waals surface area contributed by atoms with Gasteiger partial charge in [0, 0.05) is 17.2 Å². The van der Waals surface area contributed by atoms with Gasteiger partial charge in [0.15, 0.2) is 0 Å². The van der Waals surface area contributed by atoms with Crippen LogP contribution in [-0.2, 0) is 0 Å². The van der Waals surface area contributed by atoms with Crippen LogP contribution < -0.4 is 0 Å². The molecule has 0 saturated heterocycles. The molecule has 0 unspecified atom stereocenters. The van der Waals surface area contributed by atoms with Gasteiger partial charge in [-0.1, -0.05) is 0 Å². The van der Waals surface area contributed by atoms with Gasteiger partial charge in [0.1, 0.15) is 0 Å². The second kappa shape index (κ2) is 4.82. The topological polar surface area (TPSA) is 103 Å². The van der Waals surface area contributed by atoms with Gasteiger partial charge in [0.25, 0.3) is 11.4 Å². The van der Waals surface area contributed by atoms with E-state index in [1.54, 1.807) is 0 Å². The van der Waals surface area contributed by atoms with Crippen molar-refractivity contribution in [3.63, 3.8) is 0 Å². The minimum Gasteiger partial charge on any atom is -0.288 e. The summed E-state index contributed by atoms with van der Waals surface area (Å²) in [5.74, 6) is -1.68. The zero-order valence-corrected chi connectivity index (χ0v) is 8.92. The van der Waals surface area contributed by atoms with Crippen LogP contribution >= 0.6 is 0 Å². The number of alkyl halides is 2. The summed E-state index contributed by atoms with van der Waals surface area (Å²) in [4.78, 5) is 30.3. The maximum atomic E-state index is 12.3. The Balaban J connectivity index is 3.55. The van der Waals surface area contributed by atoms with Crippen molar-refractivity contribution in [1.29, 1.82) is 0 Å². The van der Waals surface area contributed by atoms with Crippen LogP contribution in [-0.4, -0.2) is 22.1 Å². The van der Waals surface area contributed by atoms with Crippen LogP contribution in [0.4, 0.5) is 20.2 Å². The van der Waals surface area contributed by atoms with E-state index in [0.717, 1.165) is 6.92 Å². The van der Waals surface area contributed by atoms with Crippen LogP contribution in [0.5, 0.6) is 0 Å². The summed E-state index contributed by atoms with van der Waals surface area (Å²) in [6, 6.07) is 1.23. The van der Waals surface area contributed by atoms with Gasteiger partial charge in [-0.15, -0.1) is 0 Å². The van der Waals surface area contributed by atoms with E-state index in [1.165, 1.54) is 0 Å². The molecule has 0 fully saturated rings. The molecule has 7 nitrogen and oxygen atoms in total. The molecule has 0 heterocycles. The Morgan fingerprint density at radius 3 is 2.17 bits per heavy atom. The van der Waals surface area contributed by atoms with E-state index in [-0.39, 0.29) is 5.56 Å².